The standard InChI is InChI=1S/C18H19N5O3/c24-23(25)16-9-5-4-8-15(16)22-18(21-10-12-26-13-11-21)17(19-20-22)14-6-2-1-3-7-14/h1-9,17-18H,10-13H2. The second-order valence-corrected chi connectivity index (χ2v) is 6.21. The van der Waals surface area contributed by atoms with Crippen molar-refractivity contribution >= 4 is 11.4 Å². The van der Waals surface area contributed by atoms with E-state index in [1.165, 1.54) is 6.07 Å². The van der Waals surface area contributed by atoms with Crippen molar-refractivity contribution < 1.29 is 9.66 Å². The van der Waals surface area contributed by atoms with E-state index in [1.807, 2.05) is 30.3 Å². The Morgan fingerprint density at radius 1 is 1.04 bits per heavy atom. The summed E-state index contributed by atoms with van der Waals surface area (Å²) in [7, 11) is 0. The van der Waals surface area contributed by atoms with E-state index >= 15 is 0 Å². The summed E-state index contributed by atoms with van der Waals surface area (Å²) in [6.45, 7) is 2.72. The molecule has 4 rings (SSSR count). The number of morpholine rings is 1. The molecule has 2 aliphatic heterocycles. The first-order chi connectivity index (χ1) is 12.8. The first kappa shape index (κ1) is 16.6. The topological polar surface area (TPSA) is 83.6 Å². The van der Waals surface area contributed by atoms with E-state index in [-0.39, 0.29) is 22.8 Å². The first-order valence-electron chi connectivity index (χ1n) is 8.56. The molecule has 0 radical (unpaired) electrons. The fourth-order valence-electron chi connectivity index (χ4n) is 3.45. The third-order valence-corrected chi connectivity index (χ3v) is 4.69. The van der Waals surface area contributed by atoms with Gasteiger partial charge in [-0.05, 0) is 11.6 Å². The Hall–Kier alpha value is -2.84. The van der Waals surface area contributed by atoms with Gasteiger partial charge in [0.05, 0.1) is 18.1 Å². The van der Waals surface area contributed by atoms with Crippen LogP contribution in [0, 0.1) is 10.1 Å². The third-order valence-electron chi connectivity index (χ3n) is 4.69. The number of anilines is 1. The number of nitro groups is 1. The Morgan fingerprint density at radius 2 is 1.73 bits per heavy atom. The van der Waals surface area contributed by atoms with Gasteiger partial charge in [-0.3, -0.25) is 15.0 Å². The molecule has 2 atom stereocenters. The molecular formula is C18H19N5O3. The molecule has 26 heavy (non-hydrogen) atoms. The lowest BCUT2D eigenvalue weighted by Gasteiger charge is -2.37. The molecule has 2 aromatic carbocycles. The molecule has 0 spiro atoms. The lowest BCUT2D eigenvalue weighted by molar-refractivity contribution is -0.384. The Bertz CT molecular complexity index is 807. The molecule has 8 heteroatoms. The van der Waals surface area contributed by atoms with E-state index in [4.69, 9.17) is 4.74 Å². The Labute approximate surface area is 150 Å². The van der Waals surface area contributed by atoms with Crippen molar-refractivity contribution in [2.24, 2.45) is 10.3 Å². The smallest absolute Gasteiger partial charge is 0.294 e. The van der Waals surface area contributed by atoms with Crippen LogP contribution in [-0.2, 0) is 4.74 Å². The molecule has 2 heterocycles. The molecule has 1 fully saturated rings. The van der Waals surface area contributed by atoms with Gasteiger partial charge in [-0.25, -0.2) is 5.01 Å². The zero-order chi connectivity index (χ0) is 17.9. The quantitative estimate of drug-likeness (QED) is 0.623. The fourth-order valence-corrected chi connectivity index (χ4v) is 3.45. The molecule has 2 aliphatic rings. The van der Waals surface area contributed by atoms with Gasteiger partial charge in [0.1, 0.15) is 17.9 Å². The first-order valence-corrected chi connectivity index (χ1v) is 8.56. The van der Waals surface area contributed by atoms with Crippen LogP contribution in [0.15, 0.2) is 64.9 Å². The van der Waals surface area contributed by atoms with Gasteiger partial charge in [0.15, 0.2) is 0 Å². The van der Waals surface area contributed by atoms with Gasteiger partial charge in [-0.15, -0.1) is 0 Å². The highest BCUT2D eigenvalue weighted by Gasteiger charge is 2.41. The van der Waals surface area contributed by atoms with Crippen LogP contribution >= 0.6 is 0 Å². The molecule has 2 unspecified atom stereocenters. The average Bonchev–Trinajstić information content (AvgIpc) is 3.14. The van der Waals surface area contributed by atoms with Crippen molar-refractivity contribution in [2.75, 3.05) is 31.3 Å². The number of nitro benzene ring substituents is 1. The molecule has 0 amide bonds. The van der Waals surface area contributed by atoms with Crippen molar-refractivity contribution in [3.8, 4) is 0 Å². The summed E-state index contributed by atoms with van der Waals surface area (Å²) in [5, 5.41) is 22.0. The van der Waals surface area contributed by atoms with E-state index < -0.39 is 0 Å². The highest BCUT2D eigenvalue weighted by molar-refractivity contribution is 5.63. The maximum Gasteiger partial charge on any atom is 0.294 e. The Morgan fingerprint density at radius 3 is 2.46 bits per heavy atom. The van der Waals surface area contributed by atoms with Gasteiger partial charge in [0.2, 0.25) is 0 Å². The van der Waals surface area contributed by atoms with Crippen LogP contribution in [0.4, 0.5) is 11.4 Å². The second kappa shape index (κ2) is 7.19. The molecule has 0 aromatic heterocycles. The predicted octanol–water partition coefficient (Wildman–Crippen LogP) is 3.18. The summed E-state index contributed by atoms with van der Waals surface area (Å²) in [5.74, 6) is 0. The van der Waals surface area contributed by atoms with Gasteiger partial charge >= 0.3 is 0 Å². The van der Waals surface area contributed by atoms with E-state index in [0.29, 0.717) is 18.9 Å². The van der Waals surface area contributed by atoms with E-state index in [0.717, 1.165) is 18.7 Å². The summed E-state index contributed by atoms with van der Waals surface area (Å²) < 4.78 is 5.47. The lowest BCUT2D eigenvalue weighted by Crippen LogP contribution is -2.51. The highest BCUT2D eigenvalue weighted by atomic mass is 16.6. The molecule has 1 saturated heterocycles. The molecule has 134 valence electrons. The van der Waals surface area contributed by atoms with Crippen LogP contribution < -0.4 is 5.01 Å². The van der Waals surface area contributed by atoms with Gasteiger partial charge < -0.3 is 4.74 Å². The van der Waals surface area contributed by atoms with E-state index in [9.17, 15) is 10.1 Å². The summed E-state index contributed by atoms with van der Waals surface area (Å²) in [6, 6.07) is 16.4. The van der Waals surface area contributed by atoms with E-state index in [2.05, 4.69) is 15.2 Å². The maximum atomic E-state index is 11.5. The van der Waals surface area contributed by atoms with Gasteiger partial charge in [-0.2, -0.15) is 5.11 Å². The van der Waals surface area contributed by atoms with Crippen molar-refractivity contribution in [3.05, 3.63) is 70.3 Å². The van der Waals surface area contributed by atoms with Crippen LogP contribution in [-0.4, -0.2) is 42.3 Å². The zero-order valence-corrected chi connectivity index (χ0v) is 14.1. The van der Waals surface area contributed by atoms with Crippen molar-refractivity contribution in [2.45, 2.75) is 12.2 Å². The van der Waals surface area contributed by atoms with Gasteiger partial charge in [0.25, 0.3) is 5.69 Å². The number of benzene rings is 2. The van der Waals surface area contributed by atoms with E-state index in [1.54, 1.807) is 23.2 Å². The molecule has 8 nitrogen and oxygen atoms in total. The monoisotopic (exact) mass is 353 g/mol. The lowest BCUT2D eigenvalue weighted by atomic mass is 10.0. The largest absolute Gasteiger partial charge is 0.379 e. The minimum absolute atomic E-state index is 0.0263. The summed E-state index contributed by atoms with van der Waals surface area (Å²) in [6.07, 6.45) is -0.220. The number of hydrogen-bond acceptors (Lipinski definition) is 7. The predicted molar refractivity (Wildman–Crippen MR) is 95.8 cm³/mol. The van der Waals surface area contributed by atoms with Crippen molar-refractivity contribution in [1.82, 2.24) is 4.90 Å². The van der Waals surface area contributed by atoms with Crippen LogP contribution in [0.2, 0.25) is 0 Å². The van der Waals surface area contributed by atoms with Gasteiger partial charge in [0, 0.05) is 19.2 Å². The second-order valence-electron chi connectivity index (χ2n) is 6.21. The molecule has 0 saturated carbocycles. The maximum absolute atomic E-state index is 11.5. The zero-order valence-electron chi connectivity index (χ0n) is 14.1. The molecule has 0 N–H and O–H groups in total. The molecule has 2 aromatic rings. The molecular weight excluding hydrogens is 334 g/mol. The van der Waals surface area contributed by atoms with Crippen LogP contribution in [0.3, 0.4) is 0 Å². The normalized spacial score (nSPS) is 23.3. The molecule has 0 bridgehead atoms. The highest BCUT2D eigenvalue weighted by Crippen LogP contribution is 2.40. The third kappa shape index (κ3) is 3.04. The minimum Gasteiger partial charge on any atom is -0.379 e. The van der Waals surface area contributed by atoms with Crippen molar-refractivity contribution in [3.63, 3.8) is 0 Å². The number of ether oxygens (including phenoxy) is 1. The SMILES string of the molecule is O=[N+]([O-])c1ccccc1N1N=NC(c2ccccc2)C1N1CCOCC1. The summed E-state index contributed by atoms with van der Waals surface area (Å²) in [4.78, 5) is 13.3. The minimum atomic E-state index is -0.378. The fraction of sp³-hybridized carbons (Fsp3) is 0.333. The Kier molecular flexibility index (Phi) is 4.59. The van der Waals surface area contributed by atoms with Crippen LogP contribution in [0.5, 0.6) is 0 Å². The summed E-state index contributed by atoms with van der Waals surface area (Å²) in [5.41, 5.74) is 1.52. The number of nitrogens with zero attached hydrogens (tertiary/aromatic N) is 5. The van der Waals surface area contributed by atoms with Crippen molar-refractivity contribution in [1.29, 1.82) is 0 Å². The van der Waals surface area contributed by atoms with Crippen LogP contribution in [0.25, 0.3) is 0 Å². The van der Waals surface area contributed by atoms with Gasteiger partial charge in [-0.1, -0.05) is 47.7 Å². The summed E-state index contributed by atoms with van der Waals surface area (Å²) >= 11 is 0. The average molecular weight is 353 g/mol. The number of rotatable bonds is 4. The number of para-hydroxylation sites is 2. The number of hydrogen-bond donors (Lipinski definition) is 0. The molecule has 0 aliphatic carbocycles. The van der Waals surface area contributed by atoms with Crippen LogP contribution in [0.1, 0.15) is 11.6 Å². The Balaban J connectivity index is 1.74.